The Morgan fingerprint density at radius 2 is 1.79 bits per heavy atom. The third kappa shape index (κ3) is 6.06. The molecule has 4 rings (SSSR count). The van der Waals surface area contributed by atoms with Crippen molar-refractivity contribution < 1.29 is 23.9 Å². The van der Waals surface area contributed by atoms with Crippen molar-refractivity contribution in [3.8, 4) is 5.75 Å². The first-order chi connectivity index (χ1) is 16.2. The smallest absolute Gasteiger partial charge is 0.255 e. The van der Waals surface area contributed by atoms with E-state index in [0.717, 1.165) is 56.7 Å². The van der Waals surface area contributed by atoms with Gasteiger partial charge < -0.3 is 24.0 Å². The molecule has 0 saturated carbocycles. The van der Waals surface area contributed by atoms with Crippen molar-refractivity contribution in [3.63, 3.8) is 0 Å². The molecule has 1 amide bonds. The van der Waals surface area contributed by atoms with Crippen LogP contribution in [0.2, 0.25) is 0 Å². The van der Waals surface area contributed by atoms with Crippen molar-refractivity contribution in [3.05, 3.63) is 64.7 Å². The summed E-state index contributed by atoms with van der Waals surface area (Å²) in [5.74, 6) is 0.630. The van der Waals surface area contributed by atoms with E-state index in [1.54, 1.807) is 4.90 Å². The molecule has 0 spiro atoms. The zero-order chi connectivity index (χ0) is 23.6. The molecule has 176 valence electrons. The number of carbonyl (C=O) groups is 3. The van der Waals surface area contributed by atoms with Gasteiger partial charge in [0.1, 0.15) is 25.4 Å². The van der Waals surface area contributed by atoms with Gasteiger partial charge in [0.25, 0.3) is 5.91 Å². The zero-order valence-corrected chi connectivity index (χ0v) is 19.2. The standard InChI is InChI=1S/C25H30N2O4.CH2O/c1-2-4-21(17-28)27-16-23-22(25(27)29)5-3-6-24(23)31-18-20-9-7-19(8-10-20)15-26-11-13-30-14-12-26;1-2/h3,5-10,17,21H,2,4,11-16,18H2,1H3;1H2. The predicted molar refractivity (Wildman–Crippen MR) is 125 cm³/mol. The zero-order valence-electron chi connectivity index (χ0n) is 19.2. The van der Waals surface area contributed by atoms with Crippen molar-refractivity contribution in [1.82, 2.24) is 9.80 Å². The summed E-state index contributed by atoms with van der Waals surface area (Å²) in [6, 6.07) is 13.7. The third-order valence-corrected chi connectivity index (χ3v) is 6.02. The first-order valence-corrected chi connectivity index (χ1v) is 11.4. The molecule has 1 atom stereocenters. The average molecular weight is 453 g/mol. The van der Waals surface area contributed by atoms with E-state index in [2.05, 4.69) is 29.2 Å². The minimum Gasteiger partial charge on any atom is -0.489 e. The Labute approximate surface area is 195 Å². The molecule has 0 aliphatic carbocycles. The summed E-state index contributed by atoms with van der Waals surface area (Å²) in [6.45, 7) is 9.38. The number of amides is 1. The van der Waals surface area contributed by atoms with E-state index in [9.17, 15) is 9.59 Å². The van der Waals surface area contributed by atoms with Crippen LogP contribution in [0, 0.1) is 0 Å². The molecule has 2 aliphatic rings. The topological polar surface area (TPSA) is 76.2 Å². The molecular weight excluding hydrogens is 420 g/mol. The van der Waals surface area contributed by atoms with Crippen LogP contribution in [0.3, 0.4) is 0 Å². The third-order valence-electron chi connectivity index (χ3n) is 6.02. The Balaban J connectivity index is 0.00000149. The lowest BCUT2D eigenvalue weighted by Crippen LogP contribution is -2.36. The number of nitrogens with zero attached hydrogens (tertiary/aromatic N) is 2. The van der Waals surface area contributed by atoms with E-state index in [-0.39, 0.29) is 11.9 Å². The molecule has 2 heterocycles. The largest absolute Gasteiger partial charge is 0.489 e. The fraction of sp³-hybridized carbons (Fsp3) is 0.423. The minimum atomic E-state index is -0.378. The van der Waals surface area contributed by atoms with Crippen molar-refractivity contribution >= 4 is 19.0 Å². The molecule has 0 radical (unpaired) electrons. The highest BCUT2D eigenvalue weighted by atomic mass is 16.5. The van der Waals surface area contributed by atoms with Gasteiger partial charge in [-0.05, 0) is 29.7 Å². The molecule has 7 heteroatoms. The van der Waals surface area contributed by atoms with Crippen LogP contribution in [0.1, 0.15) is 46.8 Å². The quantitative estimate of drug-likeness (QED) is 0.544. The minimum absolute atomic E-state index is 0.0848. The normalized spacial score (nSPS) is 16.5. The van der Waals surface area contributed by atoms with Crippen LogP contribution >= 0.6 is 0 Å². The summed E-state index contributed by atoms with van der Waals surface area (Å²) in [7, 11) is 0. The summed E-state index contributed by atoms with van der Waals surface area (Å²) in [5, 5.41) is 0. The molecule has 7 nitrogen and oxygen atoms in total. The van der Waals surface area contributed by atoms with Crippen LogP contribution in [-0.4, -0.2) is 61.1 Å². The maximum absolute atomic E-state index is 12.8. The molecule has 0 aromatic heterocycles. The molecule has 0 N–H and O–H groups in total. The molecular formula is C26H32N2O5. The SMILES string of the molecule is C=O.CCCC(C=O)N1Cc2c(OCc3ccc(CN4CCOCC4)cc3)cccc2C1=O. The summed E-state index contributed by atoms with van der Waals surface area (Å²) < 4.78 is 11.5. The molecule has 2 aromatic rings. The number of aldehydes is 1. The van der Waals surface area contributed by atoms with Gasteiger partial charge in [-0.3, -0.25) is 9.69 Å². The lowest BCUT2D eigenvalue weighted by Gasteiger charge is -2.26. The van der Waals surface area contributed by atoms with Gasteiger partial charge in [-0.15, -0.1) is 0 Å². The van der Waals surface area contributed by atoms with Gasteiger partial charge in [0.2, 0.25) is 0 Å². The summed E-state index contributed by atoms with van der Waals surface area (Å²) >= 11 is 0. The van der Waals surface area contributed by atoms with E-state index in [1.807, 2.05) is 31.9 Å². The van der Waals surface area contributed by atoms with Gasteiger partial charge in [-0.25, -0.2) is 0 Å². The Kier molecular flexibility index (Phi) is 9.15. The second-order valence-corrected chi connectivity index (χ2v) is 8.20. The first kappa shape index (κ1) is 24.6. The van der Waals surface area contributed by atoms with Gasteiger partial charge in [-0.1, -0.05) is 43.7 Å². The van der Waals surface area contributed by atoms with Crippen molar-refractivity contribution in [2.75, 3.05) is 26.3 Å². The first-order valence-electron chi connectivity index (χ1n) is 11.4. The van der Waals surface area contributed by atoms with Gasteiger partial charge in [0.05, 0.1) is 25.8 Å². The number of benzene rings is 2. The van der Waals surface area contributed by atoms with Crippen LogP contribution in [0.15, 0.2) is 42.5 Å². The maximum atomic E-state index is 12.8. The lowest BCUT2D eigenvalue weighted by atomic mass is 10.1. The molecule has 1 saturated heterocycles. The Hall–Kier alpha value is -3.03. The van der Waals surface area contributed by atoms with Crippen LogP contribution in [0.4, 0.5) is 0 Å². The second kappa shape index (κ2) is 12.3. The molecule has 33 heavy (non-hydrogen) atoms. The summed E-state index contributed by atoms with van der Waals surface area (Å²) in [5.41, 5.74) is 3.88. The number of rotatable bonds is 9. The molecule has 1 fully saturated rings. The monoisotopic (exact) mass is 452 g/mol. The summed E-state index contributed by atoms with van der Waals surface area (Å²) in [6.07, 6.45) is 2.41. The second-order valence-electron chi connectivity index (χ2n) is 8.20. The van der Waals surface area contributed by atoms with E-state index >= 15 is 0 Å². The molecule has 1 unspecified atom stereocenters. The van der Waals surface area contributed by atoms with E-state index in [1.165, 1.54) is 5.56 Å². The van der Waals surface area contributed by atoms with Gasteiger partial charge in [0.15, 0.2) is 0 Å². The number of ether oxygens (including phenoxy) is 2. The number of hydrogen-bond acceptors (Lipinski definition) is 6. The van der Waals surface area contributed by atoms with Crippen molar-refractivity contribution in [2.24, 2.45) is 0 Å². The molecule has 0 bridgehead atoms. The van der Waals surface area contributed by atoms with Crippen molar-refractivity contribution in [1.29, 1.82) is 0 Å². The van der Waals surface area contributed by atoms with Gasteiger partial charge in [-0.2, -0.15) is 0 Å². The van der Waals surface area contributed by atoms with Crippen molar-refractivity contribution in [2.45, 2.75) is 45.5 Å². The predicted octanol–water partition coefficient (Wildman–Crippen LogP) is 3.24. The van der Waals surface area contributed by atoms with Crippen LogP contribution in [0.25, 0.3) is 0 Å². The lowest BCUT2D eigenvalue weighted by molar-refractivity contribution is -0.112. The fourth-order valence-corrected chi connectivity index (χ4v) is 4.24. The van der Waals surface area contributed by atoms with Crippen LogP contribution < -0.4 is 4.74 Å². The van der Waals surface area contributed by atoms with E-state index < -0.39 is 0 Å². The summed E-state index contributed by atoms with van der Waals surface area (Å²) in [4.78, 5) is 36.4. The number of fused-ring (bicyclic) bond motifs is 1. The molecule has 2 aliphatic heterocycles. The Morgan fingerprint density at radius 1 is 1.09 bits per heavy atom. The highest BCUT2D eigenvalue weighted by Crippen LogP contribution is 2.33. The maximum Gasteiger partial charge on any atom is 0.255 e. The van der Waals surface area contributed by atoms with E-state index in [0.29, 0.717) is 30.9 Å². The van der Waals surface area contributed by atoms with Gasteiger partial charge in [0, 0.05) is 30.8 Å². The fourth-order valence-electron chi connectivity index (χ4n) is 4.24. The number of hydrogen-bond donors (Lipinski definition) is 0. The van der Waals surface area contributed by atoms with Gasteiger partial charge >= 0.3 is 0 Å². The highest BCUT2D eigenvalue weighted by molar-refractivity contribution is 6.00. The van der Waals surface area contributed by atoms with E-state index in [4.69, 9.17) is 14.3 Å². The number of carbonyl (C=O) groups excluding carboxylic acids is 3. The van der Waals surface area contributed by atoms with Crippen LogP contribution in [-0.2, 0) is 34.0 Å². The number of morpholine rings is 1. The molecule has 2 aromatic carbocycles. The Morgan fingerprint density at radius 3 is 2.45 bits per heavy atom. The Bertz CT molecular complexity index is 925. The highest BCUT2D eigenvalue weighted by Gasteiger charge is 2.34. The van der Waals surface area contributed by atoms with Crippen LogP contribution in [0.5, 0.6) is 5.75 Å². The average Bonchev–Trinajstić information content (AvgIpc) is 3.21.